The number of nitrogens with one attached hydrogen (secondary N) is 2. The van der Waals surface area contributed by atoms with Gasteiger partial charge in [0, 0.05) is 11.1 Å². The Hall–Kier alpha value is -4.19. The van der Waals surface area contributed by atoms with Gasteiger partial charge in [0.2, 0.25) is 11.8 Å². The predicted molar refractivity (Wildman–Crippen MR) is 217 cm³/mol. The fraction of sp³-hybridized carbons (Fsp3) is 0.357. The molecule has 3 heterocycles. The van der Waals surface area contributed by atoms with Crippen molar-refractivity contribution in [1.29, 1.82) is 0 Å². The molecule has 1 aromatic heterocycles. The molecule has 8 nitrogen and oxygen atoms in total. The highest BCUT2D eigenvalue weighted by atomic mass is 32.2. The summed E-state index contributed by atoms with van der Waals surface area (Å²) in [7, 11) is 0. The van der Waals surface area contributed by atoms with E-state index < -0.39 is 23.7 Å². The van der Waals surface area contributed by atoms with Crippen molar-refractivity contribution < 1.29 is 19.1 Å². The van der Waals surface area contributed by atoms with Crippen LogP contribution in [0.4, 0.5) is 0 Å². The Labute approximate surface area is 324 Å². The summed E-state index contributed by atoms with van der Waals surface area (Å²) in [6.45, 7) is 5.75. The Morgan fingerprint density at radius 2 is 1.57 bits per heavy atom. The van der Waals surface area contributed by atoms with Crippen LogP contribution in [0.15, 0.2) is 114 Å². The molecule has 53 heavy (non-hydrogen) atoms. The van der Waals surface area contributed by atoms with Crippen molar-refractivity contribution in [3.05, 3.63) is 136 Å². The van der Waals surface area contributed by atoms with E-state index >= 15 is 0 Å². The standard InChI is InChI=1S/C42H46N4O4S3/c1-29(2)37-39(48)50-33(25-35(47)43-26-36-44-34(27-51-36)38-46-41(3,28-52-38)40(49)45-37)23-15-4-5-16-24-53-42(30-17-9-6-10-18-30,31-19-11-7-12-20-31)32-21-13-8-14-22-32/h6-15,17-23,27,29,33,37H,4-5,16,24-26,28H2,1-3H3,(H,43,47)(H,45,49)/b23-15+/t33?,37-,41-/m0/s1. The fourth-order valence-electron chi connectivity index (χ4n) is 6.44. The quantitative estimate of drug-likeness (QED) is 0.0691. The summed E-state index contributed by atoms with van der Waals surface area (Å²) < 4.78 is 5.58. The number of thioether (sulfide) groups is 2. The summed E-state index contributed by atoms with van der Waals surface area (Å²) >= 11 is 4.84. The van der Waals surface area contributed by atoms with Crippen LogP contribution in [0.25, 0.3) is 0 Å². The molecule has 0 radical (unpaired) electrons. The third kappa shape index (κ3) is 9.31. The third-order valence-corrected chi connectivity index (χ3v) is 13.1. The van der Waals surface area contributed by atoms with Crippen molar-refractivity contribution in [2.75, 3.05) is 11.5 Å². The Morgan fingerprint density at radius 1 is 0.943 bits per heavy atom. The van der Waals surface area contributed by atoms with Crippen molar-refractivity contribution >= 4 is 57.7 Å². The highest BCUT2D eigenvalue weighted by molar-refractivity contribution is 8.14. The number of fused-ring (bicyclic) bond motifs is 4. The highest BCUT2D eigenvalue weighted by Gasteiger charge is 2.42. The first-order chi connectivity index (χ1) is 25.7. The van der Waals surface area contributed by atoms with Crippen molar-refractivity contribution in [1.82, 2.24) is 15.6 Å². The zero-order chi connectivity index (χ0) is 37.3. The molecule has 1 unspecified atom stereocenters. The molecule has 0 aliphatic carbocycles. The number of thiazole rings is 1. The molecule has 3 atom stereocenters. The predicted octanol–water partition coefficient (Wildman–Crippen LogP) is 7.92. The molecule has 4 aromatic rings. The smallest absolute Gasteiger partial charge is 0.329 e. The minimum absolute atomic E-state index is 0.0386. The summed E-state index contributed by atoms with van der Waals surface area (Å²) in [5.74, 6) is -0.0378. The first-order valence-electron chi connectivity index (χ1n) is 18.1. The number of benzene rings is 3. The molecular weight excluding hydrogens is 721 g/mol. The van der Waals surface area contributed by atoms with Gasteiger partial charge in [-0.3, -0.25) is 14.6 Å². The second kappa shape index (κ2) is 17.8. The van der Waals surface area contributed by atoms with Crippen molar-refractivity contribution in [3.63, 3.8) is 0 Å². The zero-order valence-electron chi connectivity index (χ0n) is 30.3. The van der Waals surface area contributed by atoms with Crippen LogP contribution < -0.4 is 10.6 Å². The summed E-state index contributed by atoms with van der Waals surface area (Å²) in [5.41, 5.74) is 3.37. The Morgan fingerprint density at radius 3 is 2.17 bits per heavy atom. The first-order valence-corrected chi connectivity index (χ1v) is 21.0. The van der Waals surface area contributed by atoms with E-state index in [1.807, 2.05) is 43.1 Å². The molecule has 0 saturated carbocycles. The lowest BCUT2D eigenvalue weighted by molar-refractivity contribution is -0.153. The molecule has 0 spiro atoms. The number of nitrogens with zero attached hydrogens (tertiary/aromatic N) is 2. The van der Waals surface area contributed by atoms with Gasteiger partial charge in [-0.2, -0.15) is 0 Å². The maximum absolute atomic E-state index is 13.6. The van der Waals surface area contributed by atoms with Crippen LogP contribution in [0.1, 0.15) is 73.8 Å². The number of allylic oxidation sites excluding steroid dienone is 1. The van der Waals surface area contributed by atoms with Crippen molar-refractivity contribution in [2.24, 2.45) is 10.9 Å². The van der Waals surface area contributed by atoms with E-state index in [9.17, 15) is 14.4 Å². The number of carbonyl (C=O) groups is 3. The number of carbonyl (C=O) groups excluding carboxylic acids is 3. The lowest BCUT2D eigenvalue weighted by Gasteiger charge is -2.35. The van der Waals surface area contributed by atoms with Gasteiger partial charge in [-0.25, -0.2) is 9.78 Å². The lowest BCUT2D eigenvalue weighted by Crippen LogP contribution is -2.53. The molecular formula is C42H46N4O4S3. The summed E-state index contributed by atoms with van der Waals surface area (Å²) in [4.78, 5) is 49.6. The Bertz CT molecular complexity index is 1820. The minimum atomic E-state index is -1.04. The first kappa shape index (κ1) is 38.5. The third-order valence-electron chi connectivity index (χ3n) is 9.37. The summed E-state index contributed by atoms with van der Waals surface area (Å²) in [5, 5.41) is 9.15. The van der Waals surface area contributed by atoms with Crippen LogP contribution in [0.2, 0.25) is 0 Å². The number of aliphatic imine (C=N–C) groups is 1. The van der Waals surface area contributed by atoms with Gasteiger partial charge in [0.1, 0.15) is 33.4 Å². The van der Waals surface area contributed by atoms with E-state index in [1.54, 1.807) is 6.92 Å². The van der Waals surface area contributed by atoms with Crippen molar-refractivity contribution in [3.8, 4) is 0 Å². The maximum atomic E-state index is 13.6. The van der Waals surface area contributed by atoms with Crippen molar-refractivity contribution in [2.45, 2.75) is 75.4 Å². The topological polar surface area (TPSA) is 110 Å². The molecule has 3 aromatic carbocycles. The molecule has 2 amide bonds. The monoisotopic (exact) mass is 766 g/mol. The molecule has 2 N–H and O–H groups in total. The second-order valence-corrected chi connectivity index (χ2v) is 17.0. The average Bonchev–Trinajstić information content (AvgIpc) is 3.82. The molecule has 2 aliphatic rings. The number of esters is 1. The van der Waals surface area contributed by atoms with Crippen LogP contribution in [0.5, 0.6) is 0 Å². The average molecular weight is 767 g/mol. The van der Waals surface area contributed by atoms with E-state index in [0.29, 0.717) is 16.5 Å². The minimum Gasteiger partial charge on any atom is -0.456 e. The largest absolute Gasteiger partial charge is 0.456 e. The number of cyclic esters (lactones) is 1. The second-order valence-electron chi connectivity index (χ2n) is 13.8. The number of hydrogen-bond acceptors (Lipinski definition) is 9. The van der Waals surface area contributed by atoms with Gasteiger partial charge in [-0.05, 0) is 60.6 Å². The van der Waals surface area contributed by atoms with Gasteiger partial charge in [0.25, 0.3) is 0 Å². The SMILES string of the molecule is CC(C)[C@@H]1NC(=O)[C@]2(C)CSC(=N2)c2csc(n2)CNC(=O)CC(/C=C/CCCCSC(c2ccccc2)(c2ccccc2)c2ccccc2)OC1=O. The van der Waals surface area contributed by atoms with E-state index in [0.717, 1.165) is 30.0 Å². The van der Waals surface area contributed by atoms with E-state index in [2.05, 4.69) is 107 Å². The summed E-state index contributed by atoms with van der Waals surface area (Å²) in [6, 6.07) is 31.2. The molecule has 276 valence electrons. The fourth-order valence-corrected chi connectivity index (χ4v) is 9.92. The van der Waals surface area contributed by atoms with Crippen LogP contribution >= 0.6 is 34.9 Å². The zero-order valence-corrected chi connectivity index (χ0v) is 32.8. The van der Waals surface area contributed by atoms with Crippen LogP contribution in [0.3, 0.4) is 0 Å². The normalized spacial score (nSPS) is 21.3. The number of hydrogen-bond donors (Lipinski definition) is 2. The van der Waals surface area contributed by atoms with E-state index in [-0.39, 0.29) is 35.4 Å². The molecule has 0 saturated heterocycles. The van der Waals surface area contributed by atoms with Gasteiger partial charge in [-0.15, -0.1) is 34.9 Å². The summed E-state index contributed by atoms with van der Waals surface area (Å²) in [6.07, 6.45) is 5.61. The molecule has 2 aliphatic heterocycles. The van der Waals surface area contributed by atoms with Crippen LogP contribution in [-0.4, -0.2) is 57.0 Å². The number of amides is 2. The number of rotatable bonds is 11. The Balaban J connectivity index is 1.13. The van der Waals surface area contributed by atoms with E-state index in [4.69, 9.17) is 9.73 Å². The van der Waals surface area contributed by atoms with Crippen LogP contribution in [0, 0.1) is 5.92 Å². The van der Waals surface area contributed by atoms with Gasteiger partial charge in [0.05, 0.1) is 17.7 Å². The van der Waals surface area contributed by atoms with E-state index in [1.165, 1.54) is 39.8 Å². The highest BCUT2D eigenvalue weighted by Crippen LogP contribution is 2.48. The van der Waals surface area contributed by atoms with Gasteiger partial charge >= 0.3 is 5.97 Å². The number of ether oxygens (including phenoxy) is 1. The molecule has 11 heteroatoms. The molecule has 6 rings (SSSR count). The van der Waals surface area contributed by atoms with Gasteiger partial charge in [0.15, 0.2) is 0 Å². The van der Waals surface area contributed by atoms with Crippen LogP contribution in [-0.2, 0) is 30.4 Å². The number of unbranched alkanes of at least 4 members (excludes halogenated alkanes) is 2. The number of aromatic nitrogens is 1. The molecule has 0 fully saturated rings. The lowest BCUT2D eigenvalue weighted by atomic mass is 9.84. The van der Waals surface area contributed by atoms with Gasteiger partial charge in [-0.1, -0.05) is 111 Å². The molecule has 4 bridgehead atoms. The Kier molecular flexibility index (Phi) is 12.9. The maximum Gasteiger partial charge on any atom is 0.329 e. The van der Waals surface area contributed by atoms with Gasteiger partial charge < -0.3 is 15.4 Å².